The van der Waals surface area contributed by atoms with Gasteiger partial charge in [0.15, 0.2) is 11.4 Å². The molecule has 3 aromatic carbocycles. The van der Waals surface area contributed by atoms with Crippen LogP contribution in [0.4, 0.5) is 11.4 Å². The van der Waals surface area contributed by atoms with Crippen molar-refractivity contribution in [2.24, 2.45) is 0 Å². The molecule has 5 aromatic rings. The minimum absolute atomic E-state index is 0.153. The lowest BCUT2D eigenvalue weighted by molar-refractivity contribution is 0.0948. The highest BCUT2D eigenvalue weighted by atomic mass is 16.5. The van der Waals surface area contributed by atoms with Gasteiger partial charge in [0, 0.05) is 17.3 Å². The first kappa shape index (κ1) is 24.4. The molecule has 0 saturated heterocycles. The lowest BCUT2D eigenvalue weighted by Crippen LogP contribution is -2.24. The molecule has 9 heteroatoms. The molecule has 2 heterocycles. The van der Waals surface area contributed by atoms with E-state index in [2.05, 4.69) is 15.7 Å². The third kappa shape index (κ3) is 5.57. The maximum Gasteiger partial charge on any atom is 0.299 e. The van der Waals surface area contributed by atoms with Crippen LogP contribution in [0.3, 0.4) is 0 Å². The fraction of sp³-hybridized carbons (Fsp3) is 0.0690. The first-order valence-electron chi connectivity index (χ1n) is 11.8. The second-order valence-electron chi connectivity index (χ2n) is 8.19. The van der Waals surface area contributed by atoms with Crippen LogP contribution in [0.2, 0.25) is 0 Å². The second kappa shape index (κ2) is 11.2. The lowest BCUT2D eigenvalue weighted by atomic mass is 10.2. The van der Waals surface area contributed by atoms with Crippen molar-refractivity contribution in [3.63, 3.8) is 0 Å². The van der Waals surface area contributed by atoms with E-state index in [9.17, 15) is 9.59 Å². The van der Waals surface area contributed by atoms with Crippen molar-refractivity contribution in [1.29, 1.82) is 0 Å². The predicted molar refractivity (Wildman–Crippen MR) is 143 cm³/mol. The largest absolute Gasteiger partial charge is 0.497 e. The molecule has 0 spiro atoms. The van der Waals surface area contributed by atoms with Gasteiger partial charge in [0.1, 0.15) is 17.3 Å². The van der Waals surface area contributed by atoms with Gasteiger partial charge in [-0.05, 0) is 54.6 Å². The van der Waals surface area contributed by atoms with Gasteiger partial charge in [0.2, 0.25) is 0 Å². The summed E-state index contributed by atoms with van der Waals surface area (Å²) in [7, 11) is 1.56. The number of carbonyl (C=O) groups is 1. The summed E-state index contributed by atoms with van der Waals surface area (Å²) < 4.78 is 17.9. The van der Waals surface area contributed by atoms with Gasteiger partial charge in [-0.25, -0.2) is 0 Å². The number of carbonyl (C=O) groups excluding carboxylic acids is 1. The predicted octanol–water partition coefficient (Wildman–Crippen LogP) is 5.30. The Labute approximate surface area is 218 Å². The number of benzene rings is 3. The minimum atomic E-state index is -0.427. The molecule has 0 aliphatic rings. The zero-order valence-electron chi connectivity index (χ0n) is 20.5. The van der Waals surface area contributed by atoms with Crippen molar-refractivity contribution >= 4 is 17.3 Å². The van der Waals surface area contributed by atoms with Gasteiger partial charge >= 0.3 is 0 Å². The molecule has 1 amide bonds. The van der Waals surface area contributed by atoms with Crippen molar-refractivity contribution in [3.05, 3.63) is 125 Å². The number of para-hydroxylation sites is 1. The molecule has 0 atom stereocenters. The average molecular weight is 509 g/mol. The van der Waals surface area contributed by atoms with Gasteiger partial charge < -0.3 is 24.5 Å². The summed E-state index contributed by atoms with van der Waals surface area (Å²) in [5.41, 5.74) is 1.26. The molecule has 0 fully saturated rings. The normalized spacial score (nSPS) is 10.6. The summed E-state index contributed by atoms with van der Waals surface area (Å²) in [6.07, 6.45) is 3.02. The summed E-state index contributed by atoms with van der Waals surface area (Å²) in [4.78, 5) is 26.3. The van der Waals surface area contributed by atoms with Crippen LogP contribution in [0.15, 0.2) is 113 Å². The van der Waals surface area contributed by atoms with Gasteiger partial charge in [-0.2, -0.15) is 9.78 Å². The number of aromatic nitrogens is 2. The first-order valence-corrected chi connectivity index (χ1v) is 11.8. The van der Waals surface area contributed by atoms with Gasteiger partial charge in [0.05, 0.1) is 31.8 Å². The van der Waals surface area contributed by atoms with Crippen LogP contribution < -0.4 is 25.7 Å². The van der Waals surface area contributed by atoms with Gasteiger partial charge in [0.25, 0.3) is 11.5 Å². The molecule has 0 unspecified atom stereocenters. The maximum atomic E-state index is 13.6. The highest BCUT2D eigenvalue weighted by Gasteiger charge is 2.16. The number of methoxy groups -OCH3 is 1. The number of amides is 1. The number of nitrogens with zero attached hydrogens (tertiary/aromatic N) is 2. The smallest absolute Gasteiger partial charge is 0.299 e. The van der Waals surface area contributed by atoms with Crippen LogP contribution in [0.25, 0.3) is 5.69 Å². The monoisotopic (exact) mass is 508 g/mol. The van der Waals surface area contributed by atoms with E-state index >= 15 is 0 Å². The molecule has 190 valence electrons. The molecular weight excluding hydrogens is 484 g/mol. The van der Waals surface area contributed by atoms with Crippen LogP contribution in [0.5, 0.6) is 17.2 Å². The fourth-order valence-electron chi connectivity index (χ4n) is 3.74. The summed E-state index contributed by atoms with van der Waals surface area (Å²) in [5.74, 6) is 1.65. The van der Waals surface area contributed by atoms with E-state index in [0.717, 1.165) is 0 Å². The SMILES string of the molecule is COc1cccc(Oc2cnn(-c3ccccc3)c(=O)c2Nc2cccc(C(=O)NCc3ccco3)c2)c1. The van der Waals surface area contributed by atoms with Crippen molar-refractivity contribution in [2.45, 2.75) is 6.54 Å². The topological polar surface area (TPSA) is 108 Å². The number of nitrogens with one attached hydrogen (secondary N) is 2. The molecule has 0 aliphatic carbocycles. The van der Waals surface area contributed by atoms with Crippen LogP contribution in [0.1, 0.15) is 16.1 Å². The Bertz CT molecular complexity index is 1600. The molecule has 0 bridgehead atoms. The zero-order chi connectivity index (χ0) is 26.3. The van der Waals surface area contributed by atoms with Gasteiger partial charge in [-0.1, -0.05) is 30.3 Å². The second-order valence-corrected chi connectivity index (χ2v) is 8.19. The lowest BCUT2D eigenvalue weighted by Gasteiger charge is -2.15. The number of rotatable bonds is 9. The van der Waals surface area contributed by atoms with Gasteiger partial charge in [-0.15, -0.1) is 0 Å². The summed E-state index contributed by atoms with van der Waals surface area (Å²) >= 11 is 0. The molecule has 0 saturated carbocycles. The zero-order valence-corrected chi connectivity index (χ0v) is 20.5. The summed E-state index contributed by atoms with van der Waals surface area (Å²) in [6, 6.07) is 26.5. The number of anilines is 2. The third-order valence-electron chi connectivity index (χ3n) is 5.61. The standard InChI is InChI=1S/C29H24N4O5/c1-36-23-12-6-13-24(17-23)38-26-19-31-33(22-10-3-2-4-11-22)29(35)27(26)32-21-9-5-8-20(16-21)28(34)30-18-25-14-7-15-37-25/h2-17,19,32H,18H2,1H3,(H,30,34). The highest BCUT2D eigenvalue weighted by Crippen LogP contribution is 2.30. The number of furan rings is 1. The number of ether oxygens (including phenoxy) is 2. The maximum absolute atomic E-state index is 13.6. The van der Waals surface area contributed by atoms with E-state index in [1.165, 1.54) is 10.9 Å². The van der Waals surface area contributed by atoms with Crippen molar-refractivity contribution in [3.8, 4) is 22.9 Å². The first-order chi connectivity index (χ1) is 18.6. The molecule has 0 radical (unpaired) electrons. The Morgan fingerprint density at radius 1 is 0.947 bits per heavy atom. The quantitative estimate of drug-likeness (QED) is 0.278. The molecule has 38 heavy (non-hydrogen) atoms. The van der Waals surface area contributed by atoms with Crippen LogP contribution >= 0.6 is 0 Å². The molecule has 5 rings (SSSR count). The Hall–Kier alpha value is -5.31. The summed E-state index contributed by atoms with van der Waals surface area (Å²) in [6.45, 7) is 0.258. The van der Waals surface area contributed by atoms with Gasteiger partial charge in [-0.3, -0.25) is 9.59 Å². The van der Waals surface area contributed by atoms with Crippen LogP contribution in [-0.4, -0.2) is 22.8 Å². The molecule has 2 N–H and O–H groups in total. The Kier molecular flexibility index (Phi) is 7.17. The number of hydrogen-bond donors (Lipinski definition) is 2. The molecular formula is C29H24N4O5. The summed E-state index contributed by atoms with van der Waals surface area (Å²) in [5, 5.41) is 10.3. The van der Waals surface area contributed by atoms with Crippen LogP contribution in [0, 0.1) is 0 Å². The Balaban J connectivity index is 1.47. The average Bonchev–Trinajstić information content (AvgIpc) is 3.48. The fourth-order valence-corrected chi connectivity index (χ4v) is 3.74. The van der Waals surface area contributed by atoms with Crippen molar-refractivity contribution in [1.82, 2.24) is 15.1 Å². The van der Waals surface area contributed by atoms with Crippen molar-refractivity contribution < 1.29 is 18.7 Å². The Morgan fingerprint density at radius 2 is 1.76 bits per heavy atom. The Morgan fingerprint density at radius 3 is 2.55 bits per heavy atom. The van der Waals surface area contributed by atoms with E-state index in [-0.39, 0.29) is 23.9 Å². The molecule has 2 aromatic heterocycles. The molecule has 9 nitrogen and oxygen atoms in total. The van der Waals surface area contributed by atoms with E-state index < -0.39 is 5.56 Å². The van der Waals surface area contributed by atoms with Crippen molar-refractivity contribution in [2.75, 3.05) is 12.4 Å². The van der Waals surface area contributed by atoms with E-state index in [1.54, 1.807) is 86.2 Å². The minimum Gasteiger partial charge on any atom is -0.497 e. The number of hydrogen-bond acceptors (Lipinski definition) is 7. The molecule has 0 aliphatic heterocycles. The van der Waals surface area contributed by atoms with E-state index in [1.807, 2.05) is 18.2 Å². The van der Waals surface area contributed by atoms with E-state index in [4.69, 9.17) is 13.9 Å². The third-order valence-corrected chi connectivity index (χ3v) is 5.61. The highest BCUT2D eigenvalue weighted by molar-refractivity contribution is 5.95. The van der Waals surface area contributed by atoms with Crippen LogP contribution in [-0.2, 0) is 6.54 Å². The van der Waals surface area contributed by atoms with E-state index in [0.29, 0.717) is 34.2 Å².